The van der Waals surface area contributed by atoms with E-state index in [1.807, 2.05) is 6.92 Å². The number of thiophene rings is 1. The Morgan fingerprint density at radius 2 is 2.55 bits per heavy atom. The summed E-state index contributed by atoms with van der Waals surface area (Å²) in [6.07, 6.45) is 2.10. The van der Waals surface area contributed by atoms with Crippen LogP contribution in [0.2, 0.25) is 0 Å². The Labute approximate surface area is 84.0 Å². The van der Waals surface area contributed by atoms with Crippen LogP contribution in [0.15, 0.2) is 21.5 Å². The molecular formula is C8H8BrClS. The molecule has 0 saturated heterocycles. The van der Waals surface area contributed by atoms with Crippen molar-refractivity contribution in [1.29, 1.82) is 0 Å². The predicted octanol–water partition coefficient (Wildman–Crippen LogP) is 4.15. The zero-order valence-electron chi connectivity index (χ0n) is 6.10. The van der Waals surface area contributed by atoms with Crippen molar-refractivity contribution < 1.29 is 0 Å². The number of rotatable bonds is 2. The molecule has 60 valence electrons. The summed E-state index contributed by atoms with van der Waals surface area (Å²) in [6.45, 7) is 2.03. The Balaban J connectivity index is 2.78. The molecule has 0 radical (unpaired) electrons. The Morgan fingerprint density at radius 1 is 1.82 bits per heavy atom. The van der Waals surface area contributed by atoms with E-state index in [2.05, 4.69) is 33.5 Å². The number of hydrogen-bond donors (Lipinski definition) is 0. The minimum absolute atomic E-state index is 0.607. The number of halogens is 2. The largest absolute Gasteiger partial charge is 0.143 e. The second-order valence-corrected chi connectivity index (χ2v) is 4.42. The van der Waals surface area contributed by atoms with Crippen molar-refractivity contribution in [2.45, 2.75) is 6.92 Å². The molecule has 1 rings (SSSR count). The van der Waals surface area contributed by atoms with Crippen LogP contribution in [0.25, 0.3) is 6.08 Å². The normalized spacial score (nSPS) is 12.1. The molecule has 0 spiro atoms. The van der Waals surface area contributed by atoms with Gasteiger partial charge in [0.15, 0.2) is 0 Å². The highest BCUT2D eigenvalue weighted by molar-refractivity contribution is 9.10. The van der Waals surface area contributed by atoms with Gasteiger partial charge in [0.05, 0.1) is 0 Å². The summed E-state index contributed by atoms with van der Waals surface area (Å²) in [4.78, 5) is 1.25. The molecule has 0 bridgehead atoms. The molecule has 1 heterocycles. The summed E-state index contributed by atoms with van der Waals surface area (Å²) >= 11 is 10.7. The van der Waals surface area contributed by atoms with Crippen molar-refractivity contribution in [1.82, 2.24) is 0 Å². The molecule has 0 aromatic carbocycles. The minimum Gasteiger partial charge on any atom is -0.143 e. The van der Waals surface area contributed by atoms with Gasteiger partial charge in [-0.05, 0) is 35.0 Å². The molecule has 11 heavy (non-hydrogen) atoms. The van der Waals surface area contributed by atoms with Crippen LogP contribution >= 0.6 is 38.9 Å². The summed E-state index contributed by atoms with van der Waals surface area (Å²) in [5.41, 5.74) is 1.20. The molecule has 0 fully saturated rings. The van der Waals surface area contributed by atoms with Crippen LogP contribution < -0.4 is 0 Å². The van der Waals surface area contributed by atoms with E-state index in [4.69, 9.17) is 11.6 Å². The zero-order valence-corrected chi connectivity index (χ0v) is 9.26. The van der Waals surface area contributed by atoms with Crippen LogP contribution in [0.1, 0.15) is 11.8 Å². The maximum atomic E-state index is 5.63. The number of allylic oxidation sites excluding steroid dienone is 1. The quantitative estimate of drug-likeness (QED) is 0.693. The second kappa shape index (κ2) is 4.29. The fourth-order valence-corrected chi connectivity index (χ4v) is 2.22. The van der Waals surface area contributed by atoms with Crippen molar-refractivity contribution in [2.24, 2.45) is 0 Å². The highest BCUT2D eigenvalue weighted by Gasteiger charge is 1.93. The second-order valence-electron chi connectivity index (χ2n) is 2.29. The van der Waals surface area contributed by atoms with Crippen molar-refractivity contribution in [3.8, 4) is 0 Å². The molecule has 0 aliphatic heterocycles. The third-order valence-corrected chi connectivity index (χ3v) is 3.25. The van der Waals surface area contributed by atoms with Crippen molar-refractivity contribution >= 4 is 44.9 Å². The van der Waals surface area contributed by atoms with Crippen molar-refractivity contribution in [3.05, 3.63) is 26.4 Å². The van der Waals surface area contributed by atoms with Crippen LogP contribution in [0.4, 0.5) is 0 Å². The van der Waals surface area contributed by atoms with E-state index < -0.39 is 0 Å². The lowest BCUT2D eigenvalue weighted by atomic mass is 10.3. The van der Waals surface area contributed by atoms with Crippen LogP contribution in [0.5, 0.6) is 0 Å². The minimum atomic E-state index is 0.607. The van der Waals surface area contributed by atoms with Gasteiger partial charge in [0.25, 0.3) is 0 Å². The Morgan fingerprint density at radius 3 is 3.00 bits per heavy atom. The van der Waals surface area contributed by atoms with E-state index in [-0.39, 0.29) is 0 Å². The fraction of sp³-hybridized carbons (Fsp3) is 0.250. The van der Waals surface area contributed by atoms with Crippen LogP contribution in [-0.4, -0.2) is 5.88 Å². The van der Waals surface area contributed by atoms with Gasteiger partial charge in [-0.3, -0.25) is 0 Å². The highest BCUT2D eigenvalue weighted by Crippen LogP contribution is 2.22. The molecular weight excluding hydrogens is 244 g/mol. The summed E-state index contributed by atoms with van der Waals surface area (Å²) in [5.74, 6) is 0.607. The molecule has 1 aromatic rings. The highest BCUT2D eigenvalue weighted by atomic mass is 79.9. The van der Waals surface area contributed by atoms with Gasteiger partial charge in [0.1, 0.15) is 0 Å². The average molecular weight is 252 g/mol. The SMILES string of the molecule is CC(=Cc1cc(Br)cs1)CCl. The van der Waals surface area contributed by atoms with Gasteiger partial charge in [0, 0.05) is 20.6 Å². The van der Waals surface area contributed by atoms with Gasteiger partial charge < -0.3 is 0 Å². The van der Waals surface area contributed by atoms with Gasteiger partial charge in [0.2, 0.25) is 0 Å². The van der Waals surface area contributed by atoms with Crippen molar-refractivity contribution in [2.75, 3.05) is 5.88 Å². The third-order valence-electron chi connectivity index (χ3n) is 1.19. The topological polar surface area (TPSA) is 0 Å². The molecule has 1 aromatic heterocycles. The van der Waals surface area contributed by atoms with Gasteiger partial charge in [-0.1, -0.05) is 5.57 Å². The lowest BCUT2D eigenvalue weighted by Crippen LogP contribution is -1.73. The smallest absolute Gasteiger partial charge is 0.0434 e. The summed E-state index contributed by atoms with van der Waals surface area (Å²) in [7, 11) is 0. The fourth-order valence-electron chi connectivity index (χ4n) is 0.685. The van der Waals surface area contributed by atoms with Gasteiger partial charge in [-0.2, -0.15) is 0 Å². The number of hydrogen-bond acceptors (Lipinski definition) is 1. The first-order chi connectivity index (χ1) is 5.22. The van der Waals surface area contributed by atoms with E-state index in [1.165, 1.54) is 10.5 Å². The summed E-state index contributed by atoms with van der Waals surface area (Å²) in [6, 6.07) is 2.08. The molecule has 0 N–H and O–H groups in total. The van der Waals surface area contributed by atoms with E-state index in [9.17, 15) is 0 Å². The Kier molecular flexibility index (Phi) is 3.63. The standard InChI is InChI=1S/C8H8BrClS/c1-6(4-10)2-8-3-7(9)5-11-8/h2-3,5H,4H2,1H3. The van der Waals surface area contributed by atoms with Gasteiger partial charge >= 0.3 is 0 Å². The lowest BCUT2D eigenvalue weighted by Gasteiger charge is -1.89. The van der Waals surface area contributed by atoms with Crippen LogP contribution in [-0.2, 0) is 0 Å². The molecule has 0 aliphatic carbocycles. The first kappa shape index (κ1) is 9.30. The molecule has 0 unspecified atom stereocenters. The lowest BCUT2D eigenvalue weighted by molar-refractivity contribution is 1.44. The first-order valence-corrected chi connectivity index (χ1v) is 5.40. The van der Waals surface area contributed by atoms with E-state index in [0.29, 0.717) is 5.88 Å². The maximum absolute atomic E-state index is 5.63. The summed E-state index contributed by atoms with van der Waals surface area (Å²) in [5, 5.41) is 2.06. The molecule has 0 atom stereocenters. The monoisotopic (exact) mass is 250 g/mol. The molecule has 0 saturated carbocycles. The molecule has 3 heteroatoms. The van der Waals surface area contributed by atoms with Crippen LogP contribution in [0, 0.1) is 0 Å². The third kappa shape index (κ3) is 2.97. The van der Waals surface area contributed by atoms with Gasteiger partial charge in [-0.15, -0.1) is 22.9 Å². The Bertz CT molecular complexity index is 265. The molecule has 0 aliphatic rings. The Hall–Kier alpha value is 0.210. The summed E-state index contributed by atoms with van der Waals surface area (Å²) < 4.78 is 1.14. The maximum Gasteiger partial charge on any atom is 0.0434 e. The van der Waals surface area contributed by atoms with E-state index in [0.717, 1.165) is 4.47 Å². The predicted molar refractivity (Wildman–Crippen MR) is 56.4 cm³/mol. The first-order valence-electron chi connectivity index (χ1n) is 3.19. The molecule has 0 amide bonds. The van der Waals surface area contributed by atoms with Crippen LogP contribution in [0.3, 0.4) is 0 Å². The van der Waals surface area contributed by atoms with Gasteiger partial charge in [-0.25, -0.2) is 0 Å². The molecule has 0 nitrogen and oxygen atoms in total. The van der Waals surface area contributed by atoms with E-state index >= 15 is 0 Å². The van der Waals surface area contributed by atoms with Crippen molar-refractivity contribution in [3.63, 3.8) is 0 Å². The zero-order chi connectivity index (χ0) is 8.27. The average Bonchev–Trinajstić information content (AvgIpc) is 2.35. The van der Waals surface area contributed by atoms with E-state index in [1.54, 1.807) is 11.3 Å². The number of alkyl halides is 1.